The molecule has 0 bridgehead atoms. The number of hydrogen-bond acceptors (Lipinski definition) is 4. The maximum atomic E-state index is 5.87. The van der Waals surface area contributed by atoms with Gasteiger partial charge in [0.2, 0.25) is 0 Å². The summed E-state index contributed by atoms with van der Waals surface area (Å²) in [6.07, 6.45) is 3.39. The second-order valence-corrected chi connectivity index (χ2v) is 5.14. The van der Waals surface area contributed by atoms with Crippen molar-refractivity contribution in [2.75, 3.05) is 18.1 Å². The van der Waals surface area contributed by atoms with Crippen LogP contribution in [0.2, 0.25) is 5.02 Å². The molecular formula is C13H13ClN2OS. The van der Waals surface area contributed by atoms with Crippen molar-refractivity contribution in [3.63, 3.8) is 0 Å². The van der Waals surface area contributed by atoms with E-state index in [1.807, 2.05) is 24.3 Å². The average molecular weight is 281 g/mol. The van der Waals surface area contributed by atoms with Crippen LogP contribution in [0.15, 0.2) is 47.6 Å². The third-order valence-electron chi connectivity index (χ3n) is 2.22. The normalized spacial score (nSPS) is 10.3. The topological polar surface area (TPSA) is 48.1 Å². The molecule has 0 radical (unpaired) electrons. The second kappa shape index (κ2) is 6.52. The molecule has 94 valence electrons. The minimum absolute atomic E-state index is 0.604. The number of pyridine rings is 1. The van der Waals surface area contributed by atoms with Crippen molar-refractivity contribution in [2.45, 2.75) is 4.90 Å². The van der Waals surface area contributed by atoms with Crippen LogP contribution in [0.5, 0.6) is 5.75 Å². The number of nitrogens with zero attached hydrogens (tertiary/aromatic N) is 1. The highest BCUT2D eigenvalue weighted by molar-refractivity contribution is 7.99. The molecule has 2 rings (SSSR count). The van der Waals surface area contributed by atoms with E-state index in [-0.39, 0.29) is 0 Å². The summed E-state index contributed by atoms with van der Waals surface area (Å²) in [6, 6.07) is 9.27. The monoisotopic (exact) mass is 280 g/mol. The lowest BCUT2D eigenvalue weighted by molar-refractivity contribution is 0.344. The van der Waals surface area contributed by atoms with E-state index in [2.05, 4.69) is 4.98 Å². The van der Waals surface area contributed by atoms with Gasteiger partial charge in [0.25, 0.3) is 0 Å². The van der Waals surface area contributed by atoms with Crippen molar-refractivity contribution < 1.29 is 4.74 Å². The first-order valence-electron chi connectivity index (χ1n) is 5.46. The number of halogens is 1. The molecule has 0 unspecified atom stereocenters. The fourth-order valence-corrected chi connectivity index (χ4v) is 2.34. The van der Waals surface area contributed by atoms with Crippen LogP contribution < -0.4 is 10.5 Å². The van der Waals surface area contributed by atoms with E-state index in [0.29, 0.717) is 17.3 Å². The minimum atomic E-state index is 0.604. The zero-order chi connectivity index (χ0) is 12.8. The molecule has 0 aliphatic heterocycles. The highest BCUT2D eigenvalue weighted by Crippen LogP contribution is 2.23. The molecule has 2 N–H and O–H groups in total. The molecule has 3 nitrogen and oxygen atoms in total. The third-order valence-corrected chi connectivity index (χ3v) is 3.50. The lowest BCUT2D eigenvalue weighted by Gasteiger charge is -2.07. The molecule has 0 atom stereocenters. The molecule has 0 amide bonds. The first kappa shape index (κ1) is 13.1. The summed E-state index contributed by atoms with van der Waals surface area (Å²) in [4.78, 5) is 4.97. The van der Waals surface area contributed by atoms with Gasteiger partial charge in [0.15, 0.2) is 0 Å². The van der Waals surface area contributed by atoms with Crippen LogP contribution in [0, 0.1) is 0 Å². The summed E-state index contributed by atoms with van der Waals surface area (Å²) in [5.41, 5.74) is 6.49. The Kier molecular flexibility index (Phi) is 4.73. The standard InChI is InChI=1S/C13H13ClN2OS/c14-10-2-1-3-11(8-10)17-6-7-18-13-4-5-16-9-12(13)15/h1-5,8-9H,6-7,15H2. The van der Waals surface area contributed by atoms with Crippen LogP contribution in [-0.4, -0.2) is 17.3 Å². The Balaban J connectivity index is 1.78. The third kappa shape index (κ3) is 3.82. The number of nitrogens with two attached hydrogens (primary N) is 1. The number of ether oxygens (including phenoxy) is 1. The van der Waals surface area contributed by atoms with Gasteiger partial charge in [-0.3, -0.25) is 4.98 Å². The Morgan fingerprint density at radius 2 is 2.22 bits per heavy atom. The predicted molar refractivity (Wildman–Crippen MR) is 76.3 cm³/mol. The van der Waals surface area contributed by atoms with Crippen LogP contribution in [0.25, 0.3) is 0 Å². The molecule has 5 heteroatoms. The van der Waals surface area contributed by atoms with Gasteiger partial charge in [-0.2, -0.15) is 0 Å². The predicted octanol–water partition coefficient (Wildman–Crippen LogP) is 3.49. The Bertz CT molecular complexity index is 522. The van der Waals surface area contributed by atoms with Crippen LogP contribution in [0.1, 0.15) is 0 Å². The Hall–Kier alpha value is -1.39. The van der Waals surface area contributed by atoms with Gasteiger partial charge in [-0.15, -0.1) is 11.8 Å². The van der Waals surface area contributed by atoms with Crippen molar-refractivity contribution in [3.05, 3.63) is 47.7 Å². The van der Waals surface area contributed by atoms with Gasteiger partial charge in [0.05, 0.1) is 18.5 Å². The van der Waals surface area contributed by atoms with Gasteiger partial charge in [0, 0.05) is 21.9 Å². The molecule has 0 aliphatic carbocycles. The van der Waals surface area contributed by atoms with Crippen LogP contribution >= 0.6 is 23.4 Å². The fraction of sp³-hybridized carbons (Fsp3) is 0.154. The van der Waals surface area contributed by atoms with Crippen molar-refractivity contribution in [1.82, 2.24) is 4.98 Å². The summed E-state index contributed by atoms with van der Waals surface area (Å²) in [6.45, 7) is 0.604. The largest absolute Gasteiger partial charge is 0.493 e. The summed E-state index contributed by atoms with van der Waals surface area (Å²) >= 11 is 7.51. The average Bonchev–Trinajstić information content (AvgIpc) is 2.37. The van der Waals surface area contributed by atoms with Crippen molar-refractivity contribution in [3.8, 4) is 5.75 Å². The number of nitrogen functional groups attached to an aromatic ring is 1. The molecule has 2 aromatic rings. The molecule has 0 saturated carbocycles. The summed E-state index contributed by atoms with van der Waals surface area (Å²) in [5.74, 6) is 1.60. The van der Waals surface area contributed by atoms with Crippen LogP contribution in [0.3, 0.4) is 0 Å². The Morgan fingerprint density at radius 1 is 1.33 bits per heavy atom. The SMILES string of the molecule is Nc1cnccc1SCCOc1cccc(Cl)c1. The van der Waals surface area contributed by atoms with Crippen molar-refractivity contribution in [1.29, 1.82) is 0 Å². The Morgan fingerprint density at radius 3 is 3.00 bits per heavy atom. The van der Waals surface area contributed by atoms with Crippen LogP contribution in [-0.2, 0) is 0 Å². The fourth-order valence-electron chi connectivity index (χ4n) is 1.39. The Labute approximate surface area is 115 Å². The quantitative estimate of drug-likeness (QED) is 0.673. The van der Waals surface area contributed by atoms with Crippen LogP contribution in [0.4, 0.5) is 5.69 Å². The van der Waals surface area contributed by atoms with E-state index in [0.717, 1.165) is 16.4 Å². The number of hydrogen-bond donors (Lipinski definition) is 1. The number of aromatic nitrogens is 1. The molecule has 0 saturated heterocycles. The second-order valence-electron chi connectivity index (χ2n) is 3.57. The lowest BCUT2D eigenvalue weighted by atomic mass is 10.3. The molecule has 1 heterocycles. The van der Waals surface area contributed by atoms with Gasteiger partial charge < -0.3 is 10.5 Å². The maximum Gasteiger partial charge on any atom is 0.120 e. The molecule has 0 aliphatic rings. The van der Waals surface area contributed by atoms with Gasteiger partial charge >= 0.3 is 0 Å². The zero-order valence-corrected chi connectivity index (χ0v) is 11.2. The zero-order valence-electron chi connectivity index (χ0n) is 9.67. The number of thioether (sulfide) groups is 1. The molecule has 18 heavy (non-hydrogen) atoms. The summed E-state index contributed by atoms with van der Waals surface area (Å²) in [7, 11) is 0. The highest BCUT2D eigenvalue weighted by atomic mass is 35.5. The van der Waals surface area contributed by atoms with E-state index in [1.54, 1.807) is 30.2 Å². The maximum absolute atomic E-state index is 5.87. The summed E-state index contributed by atoms with van der Waals surface area (Å²) < 4.78 is 5.59. The van der Waals surface area contributed by atoms with E-state index in [1.165, 1.54) is 0 Å². The van der Waals surface area contributed by atoms with Crippen molar-refractivity contribution in [2.24, 2.45) is 0 Å². The van der Waals surface area contributed by atoms with E-state index in [9.17, 15) is 0 Å². The van der Waals surface area contributed by atoms with Gasteiger partial charge in [0.1, 0.15) is 5.75 Å². The summed E-state index contributed by atoms with van der Waals surface area (Å²) in [5, 5.41) is 0.679. The molecule has 1 aromatic heterocycles. The van der Waals surface area contributed by atoms with E-state index < -0.39 is 0 Å². The van der Waals surface area contributed by atoms with Gasteiger partial charge in [-0.25, -0.2) is 0 Å². The van der Waals surface area contributed by atoms with Crippen molar-refractivity contribution >= 4 is 29.1 Å². The number of benzene rings is 1. The van der Waals surface area contributed by atoms with E-state index in [4.69, 9.17) is 22.1 Å². The highest BCUT2D eigenvalue weighted by Gasteiger charge is 2.00. The lowest BCUT2D eigenvalue weighted by Crippen LogP contribution is -2.00. The molecule has 0 fully saturated rings. The molecule has 0 spiro atoms. The molecule has 1 aromatic carbocycles. The minimum Gasteiger partial charge on any atom is -0.493 e. The smallest absolute Gasteiger partial charge is 0.120 e. The molecular weight excluding hydrogens is 268 g/mol. The van der Waals surface area contributed by atoms with E-state index >= 15 is 0 Å². The first-order valence-corrected chi connectivity index (χ1v) is 6.83. The number of anilines is 1. The van der Waals surface area contributed by atoms with Gasteiger partial charge in [-0.1, -0.05) is 17.7 Å². The first-order chi connectivity index (χ1) is 8.75. The van der Waals surface area contributed by atoms with Gasteiger partial charge in [-0.05, 0) is 24.3 Å². The number of rotatable bonds is 5.